The topological polar surface area (TPSA) is 0 Å². The van der Waals surface area contributed by atoms with E-state index in [4.69, 9.17) is 0 Å². The molecule has 0 spiro atoms. The fourth-order valence-corrected chi connectivity index (χ4v) is 1.67. The molecule has 0 bridgehead atoms. The van der Waals surface area contributed by atoms with Crippen molar-refractivity contribution < 1.29 is 0 Å². The van der Waals surface area contributed by atoms with Gasteiger partial charge < -0.3 is 0 Å². The lowest BCUT2D eigenvalue weighted by atomic mass is 9.83. The summed E-state index contributed by atoms with van der Waals surface area (Å²) in [7, 11) is 0. The van der Waals surface area contributed by atoms with Crippen LogP contribution in [-0.4, -0.2) is 4.08 Å². The van der Waals surface area contributed by atoms with Crippen LogP contribution in [0.25, 0.3) is 0 Å². The quantitative estimate of drug-likeness (QED) is 0.434. The first-order chi connectivity index (χ1) is 5.31. The van der Waals surface area contributed by atoms with E-state index in [1.165, 1.54) is 5.57 Å². The molecule has 0 aromatic carbocycles. The SMILES string of the molecule is CC(C)(C)C1=CC(S)(S)CC=C1. The number of allylic oxidation sites excluding steroid dienone is 3. The molecule has 0 saturated carbocycles. The molecule has 0 radical (unpaired) electrons. The van der Waals surface area contributed by atoms with E-state index in [9.17, 15) is 0 Å². The van der Waals surface area contributed by atoms with Crippen LogP contribution in [0.2, 0.25) is 0 Å². The molecule has 0 N–H and O–H groups in total. The van der Waals surface area contributed by atoms with Crippen molar-refractivity contribution in [3.63, 3.8) is 0 Å². The maximum absolute atomic E-state index is 4.45. The normalized spacial score (nSPS) is 22.2. The molecule has 0 amide bonds. The smallest absolute Gasteiger partial charge is 0.0773 e. The van der Waals surface area contributed by atoms with Gasteiger partial charge in [0.2, 0.25) is 0 Å². The lowest BCUT2D eigenvalue weighted by molar-refractivity contribution is 0.512. The van der Waals surface area contributed by atoms with E-state index < -0.39 is 0 Å². The van der Waals surface area contributed by atoms with Gasteiger partial charge in [-0.05, 0) is 17.4 Å². The largest absolute Gasteiger partial charge is 0.157 e. The monoisotopic (exact) mass is 200 g/mol. The molecular formula is C10H16S2. The Balaban J connectivity index is 2.92. The van der Waals surface area contributed by atoms with Gasteiger partial charge >= 0.3 is 0 Å². The third kappa shape index (κ3) is 2.60. The van der Waals surface area contributed by atoms with Crippen LogP contribution >= 0.6 is 25.3 Å². The van der Waals surface area contributed by atoms with Gasteiger partial charge in [0.1, 0.15) is 0 Å². The highest BCUT2D eigenvalue weighted by atomic mass is 32.2. The molecule has 1 aliphatic carbocycles. The van der Waals surface area contributed by atoms with Crippen molar-refractivity contribution in [2.75, 3.05) is 0 Å². The van der Waals surface area contributed by atoms with E-state index >= 15 is 0 Å². The fraction of sp³-hybridized carbons (Fsp3) is 0.600. The Labute approximate surface area is 85.9 Å². The summed E-state index contributed by atoms with van der Waals surface area (Å²) in [5.41, 5.74) is 1.52. The Kier molecular flexibility index (Phi) is 2.69. The molecule has 0 aromatic rings. The van der Waals surface area contributed by atoms with Gasteiger partial charge in [0.25, 0.3) is 0 Å². The minimum absolute atomic E-state index is 0.202. The summed E-state index contributed by atoms with van der Waals surface area (Å²) >= 11 is 8.89. The number of hydrogen-bond acceptors (Lipinski definition) is 2. The average Bonchev–Trinajstić information content (AvgIpc) is 1.83. The summed E-state index contributed by atoms with van der Waals surface area (Å²) in [5, 5.41) is 0. The van der Waals surface area contributed by atoms with Crippen molar-refractivity contribution in [1.82, 2.24) is 0 Å². The zero-order chi connectivity index (χ0) is 9.41. The van der Waals surface area contributed by atoms with Gasteiger partial charge in [-0.25, -0.2) is 0 Å². The first-order valence-electron chi connectivity index (χ1n) is 4.16. The molecule has 1 rings (SSSR count). The van der Waals surface area contributed by atoms with Crippen LogP contribution in [0.5, 0.6) is 0 Å². The molecule has 0 heterocycles. The lowest BCUT2D eigenvalue weighted by Crippen LogP contribution is -2.17. The molecule has 0 aliphatic heterocycles. The van der Waals surface area contributed by atoms with E-state index in [2.05, 4.69) is 64.3 Å². The lowest BCUT2D eigenvalue weighted by Gasteiger charge is -2.28. The minimum atomic E-state index is -0.253. The molecule has 0 fully saturated rings. The zero-order valence-electron chi connectivity index (χ0n) is 7.83. The molecular weight excluding hydrogens is 184 g/mol. The average molecular weight is 200 g/mol. The Morgan fingerprint density at radius 1 is 1.33 bits per heavy atom. The van der Waals surface area contributed by atoms with Crippen LogP contribution < -0.4 is 0 Å². The van der Waals surface area contributed by atoms with Crippen molar-refractivity contribution in [1.29, 1.82) is 0 Å². The van der Waals surface area contributed by atoms with Gasteiger partial charge in [-0.2, -0.15) is 25.3 Å². The highest BCUT2D eigenvalue weighted by molar-refractivity contribution is 8.00. The van der Waals surface area contributed by atoms with E-state index in [1.807, 2.05) is 0 Å². The van der Waals surface area contributed by atoms with E-state index in [1.54, 1.807) is 0 Å². The first-order valence-corrected chi connectivity index (χ1v) is 5.05. The molecule has 1 aliphatic rings. The van der Waals surface area contributed by atoms with Gasteiger partial charge in [-0.3, -0.25) is 0 Å². The van der Waals surface area contributed by atoms with Gasteiger partial charge in [0.05, 0.1) is 4.08 Å². The maximum atomic E-state index is 4.45. The Morgan fingerprint density at radius 3 is 2.25 bits per heavy atom. The van der Waals surface area contributed by atoms with Crippen molar-refractivity contribution in [2.45, 2.75) is 31.3 Å². The molecule has 0 atom stereocenters. The van der Waals surface area contributed by atoms with Crippen LogP contribution in [0.3, 0.4) is 0 Å². The second-order valence-electron chi connectivity index (χ2n) is 4.33. The summed E-state index contributed by atoms with van der Waals surface area (Å²) in [6, 6.07) is 0. The highest BCUT2D eigenvalue weighted by Crippen LogP contribution is 2.37. The summed E-state index contributed by atoms with van der Waals surface area (Å²) in [6.45, 7) is 6.60. The first kappa shape index (κ1) is 10.3. The molecule has 68 valence electrons. The van der Waals surface area contributed by atoms with Gasteiger partial charge in [-0.15, -0.1) is 0 Å². The standard InChI is InChI=1S/C10H16S2/c1-9(2,3)8-5-4-6-10(11,12)7-8/h4-5,7,11-12H,6H2,1-3H3. The van der Waals surface area contributed by atoms with E-state index in [-0.39, 0.29) is 9.49 Å². The summed E-state index contributed by atoms with van der Waals surface area (Å²) in [5.74, 6) is 0. The van der Waals surface area contributed by atoms with Crippen molar-refractivity contribution >= 4 is 25.3 Å². The fourth-order valence-electron chi connectivity index (χ4n) is 1.18. The van der Waals surface area contributed by atoms with Gasteiger partial charge in [0.15, 0.2) is 0 Å². The molecule has 2 heteroatoms. The predicted octanol–water partition coefficient (Wildman–Crippen LogP) is 3.47. The van der Waals surface area contributed by atoms with Crippen LogP contribution in [0.1, 0.15) is 27.2 Å². The third-order valence-corrected chi connectivity index (χ3v) is 2.59. The van der Waals surface area contributed by atoms with Crippen molar-refractivity contribution in [3.05, 3.63) is 23.8 Å². The molecule has 0 saturated heterocycles. The zero-order valence-corrected chi connectivity index (χ0v) is 9.62. The maximum Gasteiger partial charge on any atom is 0.0773 e. The van der Waals surface area contributed by atoms with Crippen LogP contribution in [0, 0.1) is 5.41 Å². The second kappa shape index (κ2) is 3.15. The van der Waals surface area contributed by atoms with E-state index in [0.29, 0.717) is 0 Å². The molecule has 0 aromatic heterocycles. The summed E-state index contributed by atoms with van der Waals surface area (Å²) in [4.78, 5) is 0. The van der Waals surface area contributed by atoms with Crippen LogP contribution in [-0.2, 0) is 0 Å². The van der Waals surface area contributed by atoms with Crippen molar-refractivity contribution in [3.8, 4) is 0 Å². The van der Waals surface area contributed by atoms with Crippen LogP contribution in [0.4, 0.5) is 0 Å². The van der Waals surface area contributed by atoms with Gasteiger partial charge in [0, 0.05) is 0 Å². The third-order valence-electron chi connectivity index (χ3n) is 1.97. The molecule has 12 heavy (non-hydrogen) atoms. The minimum Gasteiger partial charge on any atom is -0.157 e. The second-order valence-corrected chi connectivity index (χ2v) is 6.28. The summed E-state index contributed by atoms with van der Waals surface area (Å²) < 4.78 is -0.253. The van der Waals surface area contributed by atoms with Crippen molar-refractivity contribution in [2.24, 2.45) is 5.41 Å². The predicted molar refractivity (Wildman–Crippen MR) is 62.0 cm³/mol. The summed E-state index contributed by atoms with van der Waals surface area (Å²) in [6.07, 6.45) is 7.35. The van der Waals surface area contributed by atoms with Gasteiger partial charge in [-0.1, -0.05) is 39.0 Å². The molecule has 0 nitrogen and oxygen atoms in total. The van der Waals surface area contributed by atoms with E-state index in [0.717, 1.165) is 6.42 Å². The number of hydrogen-bond donors (Lipinski definition) is 2. The number of thiol groups is 2. The Hall–Kier alpha value is 0.180. The molecule has 0 unspecified atom stereocenters. The number of rotatable bonds is 0. The van der Waals surface area contributed by atoms with Crippen LogP contribution in [0.15, 0.2) is 23.8 Å². The highest BCUT2D eigenvalue weighted by Gasteiger charge is 2.24. The Bertz CT molecular complexity index is 225. The Morgan fingerprint density at radius 2 is 1.92 bits per heavy atom.